The zero-order valence-electron chi connectivity index (χ0n) is 23.3. The van der Waals surface area contributed by atoms with E-state index in [4.69, 9.17) is 20.3 Å². The Bertz CT molecular complexity index is 1580. The van der Waals surface area contributed by atoms with Crippen LogP contribution in [-0.4, -0.2) is 64.0 Å². The molecule has 44 heavy (non-hydrogen) atoms. The van der Waals surface area contributed by atoms with Crippen molar-refractivity contribution in [3.8, 4) is 23.1 Å². The largest absolute Gasteiger partial charge is 0.481 e. The molecule has 2 aromatic heterocycles. The summed E-state index contributed by atoms with van der Waals surface area (Å²) in [6.45, 7) is 2.92. The highest BCUT2D eigenvalue weighted by Gasteiger charge is 2.43. The molecule has 0 fully saturated rings. The van der Waals surface area contributed by atoms with Crippen LogP contribution in [0.1, 0.15) is 31.4 Å². The molecular formula is C26H26F8N6O4. The van der Waals surface area contributed by atoms with Crippen LogP contribution in [0.2, 0.25) is 0 Å². The van der Waals surface area contributed by atoms with Crippen molar-refractivity contribution in [1.82, 2.24) is 20.3 Å². The standard InChI is InChI=1S/C26H26F8N6O4/c1-9(23(41)42)8-43-24-39-20-15-21(40-24)37-7-10(2)36-5-4-14(25(29,30)31)44-22(15)38-19(18(20)28)12-6-13(35)17(27)11(3)16(12)26(32,33)34/h6,9-10,14,36H,4-5,7-8,35H2,1-3H3,(H,41,42)(H,37,39,40)/t9-,10?,14-/m1/s1. The number of carboxylic acid groups (broad SMARTS) is 1. The number of nitrogens with zero attached hydrogens (tertiary/aromatic N) is 3. The number of alkyl halides is 6. The Morgan fingerprint density at radius 3 is 2.48 bits per heavy atom. The molecule has 1 aliphatic rings. The van der Waals surface area contributed by atoms with Crippen molar-refractivity contribution >= 4 is 28.4 Å². The molecule has 10 nitrogen and oxygen atoms in total. The molecule has 0 spiro atoms. The maximum Gasteiger partial charge on any atom is 0.425 e. The van der Waals surface area contributed by atoms with E-state index in [2.05, 4.69) is 25.6 Å². The first kappa shape index (κ1) is 32.7. The molecule has 3 heterocycles. The maximum absolute atomic E-state index is 16.3. The normalized spacial score (nSPS) is 18.6. The SMILES string of the molecule is Cc1c(F)c(N)cc(-c2nc3c4c(nc(OC[C@@H](C)C(=O)O)nc4c2F)NCC(C)NCC[C@H](C(F)(F)F)O3)c1C(F)(F)F. The van der Waals surface area contributed by atoms with E-state index in [9.17, 15) is 35.5 Å². The highest BCUT2D eigenvalue weighted by Crippen LogP contribution is 2.45. The molecule has 3 aromatic rings. The number of nitrogens with two attached hydrogens (primary N) is 1. The van der Waals surface area contributed by atoms with Gasteiger partial charge in [-0.15, -0.1) is 0 Å². The summed E-state index contributed by atoms with van der Waals surface area (Å²) in [5, 5.41) is 14.3. The molecule has 1 aliphatic heterocycles. The van der Waals surface area contributed by atoms with Crippen LogP contribution in [0.15, 0.2) is 6.07 Å². The topological polar surface area (TPSA) is 145 Å². The predicted octanol–water partition coefficient (Wildman–Crippen LogP) is 5.08. The van der Waals surface area contributed by atoms with Gasteiger partial charge in [-0.05, 0) is 38.9 Å². The van der Waals surface area contributed by atoms with Gasteiger partial charge in [-0.25, -0.2) is 13.8 Å². The van der Waals surface area contributed by atoms with E-state index in [0.29, 0.717) is 6.07 Å². The number of pyridine rings is 1. The first-order valence-electron chi connectivity index (χ1n) is 13.0. The average molecular weight is 639 g/mol. The summed E-state index contributed by atoms with van der Waals surface area (Å²) < 4.78 is 126. The number of benzene rings is 1. The number of aromatic nitrogens is 3. The zero-order valence-corrected chi connectivity index (χ0v) is 23.3. The number of aliphatic carboxylic acids is 1. The van der Waals surface area contributed by atoms with E-state index < -0.39 is 112 Å². The third kappa shape index (κ3) is 6.63. The maximum atomic E-state index is 16.3. The Morgan fingerprint density at radius 1 is 1.18 bits per heavy atom. The highest BCUT2D eigenvalue weighted by atomic mass is 19.4. The van der Waals surface area contributed by atoms with Gasteiger partial charge in [0.05, 0.1) is 17.2 Å². The number of nitrogens with one attached hydrogen (secondary N) is 2. The fourth-order valence-corrected chi connectivity index (χ4v) is 4.43. The van der Waals surface area contributed by atoms with Crippen LogP contribution in [0.25, 0.3) is 22.2 Å². The summed E-state index contributed by atoms with van der Waals surface area (Å²) >= 11 is 0. The molecule has 240 valence electrons. The summed E-state index contributed by atoms with van der Waals surface area (Å²) in [5.74, 6) is -6.72. The van der Waals surface area contributed by atoms with Crippen molar-refractivity contribution in [2.24, 2.45) is 5.92 Å². The number of carbonyl (C=O) groups is 1. The summed E-state index contributed by atoms with van der Waals surface area (Å²) in [7, 11) is 0. The molecule has 0 amide bonds. The van der Waals surface area contributed by atoms with Crippen molar-refractivity contribution in [3.63, 3.8) is 0 Å². The van der Waals surface area contributed by atoms with Crippen LogP contribution in [0.5, 0.6) is 11.9 Å². The lowest BCUT2D eigenvalue weighted by molar-refractivity contribution is -0.196. The smallest absolute Gasteiger partial charge is 0.425 e. The van der Waals surface area contributed by atoms with E-state index in [1.165, 1.54) is 6.92 Å². The second-order valence-corrected chi connectivity index (χ2v) is 10.2. The van der Waals surface area contributed by atoms with Crippen molar-refractivity contribution in [2.75, 3.05) is 30.7 Å². The summed E-state index contributed by atoms with van der Waals surface area (Å²) in [5.41, 5.74) is -1.07. The van der Waals surface area contributed by atoms with E-state index in [-0.39, 0.29) is 18.9 Å². The average Bonchev–Trinajstić information content (AvgIpc) is 2.94. The van der Waals surface area contributed by atoms with Gasteiger partial charge in [0.25, 0.3) is 0 Å². The monoisotopic (exact) mass is 638 g/mol. The van der Waals surface area contributed by atoms with Crippen molar-refractivity contribution in [1.29, 1.82) is 0 Å². The molecule has 0 bridgehead atoms. The van der Waals surface area contributed by atoms with Gasteiger partial charge < -0.3 is 30.9 Å². The summed E-state index contributed by atoms with van der Waals surface area (Å²) in [6.07, 6.45) is -13.5. The number of anilines is 2. The highest BCUT2D eigenvalue weighted by molar-refractivity contribution is 5.96. The number of halogens is 8. The minimum atomic E-state index is -5.28. The van der Waals surface area contributed by atoms with Crippen LogP contribution in [0.4, 0.5) is 46.6 Å². The van der Waals surface area contributed by atoms with Gasteiger partial charge in [0, 0.05) is 24.6 Å². The molecular weight excluding hydrogens is 612 g/mol. The second kappa shape index (κ2) is 12.0. The van der Waals surface area contributed by atoms with Crippen LogP contribution in [0.3, 0.4) is 0 Å². The van der Waals surface area contributed by atoms with Gasteiger partial charge in [-0.3, -0.25) is 4.79 Å². The molecule has 3 atom stereocenters. The number of ether oxygens (including phenoxy) is 2. The molecule has 18 heteroatoms. The fourth-order valence-electron chi connectivity index (χ4n) is 4.43. The van der Waals surface area contributed by atoms with Gasteiger partial charge in [0.2, 0.25) is 5.88 Å². The molecule has 0 radical (unpaired) electrons. The van der Waals surface area contributed by atoms with Crippen LogP contribution in [-0.2, 0) is 11.0 Å². The van der Waals surface area contributed by atoms with Gasteiger partial charge >= 0.3 is 24.3 Å². The summed E-state index contributed by atoms with van der Waals surface area (Å²) in [6, 6.07) is -0.660. The van der Waals surface area contributed by atoms with E-state index in [1.54, 1.807) is 6.92 Å². The Balaban J connectivity index is 2.09. The minimum Gasteiger partial charge on any atom is -0.481 e. The molecule has 0 aliphatic carbocycles. The Kier molecular flexibility index (Phi) is 8.95. The van der Waals surface area contributed by atoms with E-state index >= 15 is 4.39 Å². The van der Waals surface area contributed by atoms with Crippen molar-refractivity contribution < 1.29 is 54.5 Å². The second-order valence-electron chi connectivity index (χ2n) is 10.2. The predicted molar refractivity (Wildman–Crippen MR) is 140 cm³/mol. The van der Waals surface area contributed by atoms with Crippen LogP contribution < -0.4 is 25.8 Å². The zero-order chi connectivity index (χ0) is 32.7. The number of rotatable bonds is 5. The molecule has 1 aromatic carbocycles. The minimum absolute atomic E-state index is 0.00247. The van der Waals surface area contributed by atoms with Gasteiger partial charge in [-0.2, -0.15) is 36.3 Å². The van der Waals surface area contributed by atoms with Crippen LogP contribution in [0, 0.1) is 24.5 Å². The van der Waals surface area contributed by atoms with E-state index in [0.717, 1.165) is 6.92 Å². The summed E-state index contributed by atoms with van der Waals surface area (Å²) in [4.78, 5) is 22.9. The third-order valence-electron chi connectivity index (χ3n) is 6.77. The Hall–Kier alpha value is -4.22. The molecule has 5 N–H and O–H groups in total. The number of hydrogen-bond donors (Lipinski definition) is 4. The van der Waals surface area contributed by atoms with Gasteiger partial charge in [-0.1, -0.05) is 0 Å². The van der Waals surface area contributed by atoms with Gasteiger partial charge in [0.15, 0.2) is 11.9 Å². The Labute approximate surface area is 244 Å². The lowest BCUT2D eigenvalue weighted by atomic mass is 9.96. The van der Waals surface area contributed by atoms with Gasteiger partial charge in [0.1, 0.15) is 34.8 Å². The molecule has 0 saturated carbocycles. The first-order valence-corrected chi connectivity index (χ1v) is 13.0. The quantitative estimate of drug-likeness (QED) is 0.221. The number of hydrogen-bond acceptors (Lipinski definition) is 9. The Morgan fingerprint density at radius 2 is 1.86 bits per heavy atom. The lowest BCUT2D eigenvalue weighted by Crippen LogP contribution is -2.40. The molecule has 0 saturated heterocycles. The third-order valence-corrected chi connectivity index (χ3v) is 6.77. The van der Waals surface area contributed by atoms with E-state index in [1.807, 2.05) is 0 Å². The van der Waals surface area contributed by atoms with Crippen molar-refractivity contribution in [2.45, 2.75) is 51.7 Å². The molecule has 4 rings (SSSR count). The fraction of sp³-hybridized carbons (Fsp3) is 0.462. The number of nitrogen functional groups attached to an aromatic ring is 1. The first-order chi connectivity index (χ1) is 20.4. The molecule has 1 unspecified atom stereocenters. The van der Waals surface area contributed by atoms with Crippen molar-refractivity contribution in [3.05, 3.63) is 28.8 Å². The number of carboxylic acids is 1. The van der Waals surface area contributed by atoms with Crippen LogP contribution >= 0.6 is 0 Å². The lowest BCUT2D eigenvalue weighted by Gasteiger charge is -2.23.